The number of benzene rings is 2. The molecule has 4 heteroatoms. The van der Waals surface area contributed by atoms with Crippen molar-refractivity contribution in [2.75, 3.05) is 7.11 Å². The maximum atomic E-state index is 13.7. The third-order valence-corrected chi connectivity index (χ3v) is 7.30. The lowest BCUT2D eigenvalue weighted by molar-refractivity contribution is -0.140. The molecule has 0 aromatic heterocycles. The van der Waals surface area contributed by atoms with Gasteiger partial charge in [-0.1, -0.05) is 54.0 Å². The second-order valence-electron chi connectivity index (χ2n) is 8.77. The molecule has 4 unspecified atom stereocenters. The largest absolute Gasteiger partial charge is 0.497 e. The van der Waals surface area contributed by atoms with E-state index in [1.807, 2.05) is 48.5 Å². The lowest BCUT2D eigenvalue weighted by Crippen LogP contribution is -2.54. The molecule has 0 radical (unpaired) electrons. The van der Waals surface area contributed by atoms with Crippen molar-refractivity contribution in [3.8, 4) is 5.75 Å². The average molecular weight is 441 g/mol. The van der Waals surface area contributed by atoms with Gasteiger partial charge < -0.3 is 4.74 Å². The summed E-state index contributed by atoms with van der Waals surface area (Å²) in [5, 5.41) is 0. The van der Waals surface area contributed by atoms with Crippen LogP contribution in [-0.2, 0) is 4.79 Å². The summed E-state index contributed by atoms with van der Waals surface area (Å²) in [4.78, 5) is 26.5. The number of carbonyl (C=O) groups excluding carboxylic acids is 2. The van der Waals surface area contributed by atoms with Gasteiger partial charge in [-0.3, -0.25) is 9.59 Å². The van der Waals surface area contributed by atoms with Crippen molar-refractivity contribution < 1.29 is 14.3 Å². The average Bonchev–Trinajstić information content (AvgIpc) is 2.68. The molecule has 2 aromatic rings. The van der Waals surface area contributed by atoms with Crippen molar-refractivity contribution in [2.24, 2.45) is 23.2 Å². The highest BCUT2D eigenvalue weighted by atomic mass is 79.9. The van der Waals surface area contributed by atoms with Crippen LogP contribution in [0.3, 0.4) is 0 Å². The summed E-state index contributed by atoms with van der Waals surface area (Å²) in [5.41, 5.74) is 1.77. The van der Waals surface area contributed by atoms with Crippen LogP contribution in [0.4, 0.5) is 0 Å². The molecule has 0 N–H and O–H groups in total. The first-order valence-corrected chi connectivity index (χ1v) is 10.6. The topological polar surface area (TPSA) is 43.4 Å². The van der Waals surface area contributed by atoms with Crippen molar-refractivity contribution in [2.45, 2.75) is 32.6 Å². The minimum absolute atomic E-state index is 0.0166. The van der Waals surface area contributed by atoms with Gasteiger partial charge >= 0.3 is 0 Å². The molecule has 0 saturated heterocycles. The molecular weight excluding hydrogens is 416 g/mol. The number of methoxy groups -OCH3 is 1. The molecule has 0 spiro atoms. The predicted octanol–water partition coefficient (Wildman–Crippen LogP) is 5.68. The van der Waals surface area contributed by atoms with E-state index in [-0.39, 0.29) is 34.9 Å². The lowest BCUT2D eigenvalue weighted by Gasteiger charge is -2.55. The Morgan fingerprint density at radius 3 is 2.32 bits per heavy atom. The number of ether oxygens (including phenoxy) is 1. The number of hydrogen-bond donors (Lipinski definition) is 0. The van der Waals surface area contributed by atoms with E-state index in [4.69, 9.17) is 4.74 Å². The monoisotopic (exact) mass is 440 g/mol. The molecule has 3 aliphatic rings. The van der Waals surface area contributed by atoms with Gasteiger partial charge in [-0.05, 0) is 47.6 Å². The zero-order valence-corrected chi connectivity index (χ0v) is 18.0. The molecule has 3 saturated carbocycles. The van der Waals surface area contributed by atoms with E-state index < -0.39 is 0 Å². The maximum absolute atomic E-state index is 13.7. The number of fused-ring (bicyclic) bond motifs is 3. The van der Waals surface area contributed by atoms with Crippen LogP contribution in [0.1, 0.15) is 48.5 Å². The van der Waals surface area contributed by atoms with Crippen LogP contribution in [0, 0.1) is 23.2 Å². The van der Waals surface area contributed by atoms with Crippen molar-refractivity contribution in [1.82, 2.24) is 0 Å². The minimum Gasteiger partial charge on any atom is -0.497 e. The van der Waals surface area contributed by atoms with Crippen LogP contribution in [0.15, 0.2) is 53.0 Å². The number of carbonyl (C=O) groups is 2. The van der Waals surface area contributed by atoms with Crippen LogP contribution in [-0.4, -0.2) is 18.7 Å². The zero-order valence-electron chi connectivity index (χ0n) is 16.4. The standard InChI is InChI=1S/C24H25BrO3/c1-24(2)13-18-20(26)12-19(24)22(23(27)15-4-8-16(25)9-5-15)21(18)14-6-10-17(28-3)11-7-14/h4-11,18-19,21-22H,12-13H2,1-3H3. The highest BCUT2D eigenvalue weighted by Crippen LogP contribution is 2.60. The molecule has 5 rings (SSSR count). The molecule has 28 heavy (non-hydrogen) atoms. The summed E-state index contributed by atoms with van der Waals surface area (Å²) in [6, 6.07) is 15.5. The fraction of sp³-hybridized carbons (Fsp3) is 0.417. The SMILES string of the molecule is COc1ccc(C2C3CC(C)(C)C(CC3=O)C2C(=O)c2ccc(Br)cc2)cc1. The summed E-state index contributed by atoms with van der Waals surface area (Å²) in [6.07, 6.45) is 1.36. The van der Waals surface area contributed by atoms with Crippen molar-refractivity contribution in [3.63, 3.8) is 0 Å². The Kier molecular flexibility index (Phi) is 4.95. The number of Topliss-reactive ketones (excluding diaryl/α,β-unsaturated/α-hetero) is 2. The van der Waals surface area contributed by atoms with Crippen LogP contribution in [0.25, 0.3) is 0 Å². The summed E-state index contributed by atoms with van der Waals surface area (Å²) in [7, 11) is 1.64. The Morgan fingerprint density at radius 1 is 1.07 bits per heavy atom. The van der Waals surface area contributed by atoms with Gasteiger partial charge in [0.05, 0.1) is 7.11 Å². The number of hydrogen-bond acceptors (Lipinski definition) is 3. The van der Waals surface area contributed by atoms with Gasteiger partial charge in [-0.2, -0.15) is 0 Å². The first-order chi connectivity index (χ1) is 13.3. The molecule has 0 aliphatic heterocycles. The highest BCUT2D eigenvalue weighted by molar-refractivity contribution is 9.10. The minimum atomic E-state index is -0.180. The fourth-order valence-corrected chi connectivity index (χ4v) is 5.60. The van der Waals surface area contributed by atoms with E-state index in [2.05, 4.69) is 29.8 Å². The number of rotatable bonds is 4. The Bertz CT molecular complexity index is 898. The summed E-state index contributed by atoms with van der Waals surface area (Å²) in [5.74, 6) is 0.967. The normalized spacial score (nSPS) is 28.2. The van der Waals surface area contributed by atoms with E-state index in [1.165, 1.54) is 0 Å². The van der Waals surface area contributed by atoms with Gasteiger partial charge in [-0.25, -0.2) is 0 Å². The third kappa shape index (κ3) is 3.22. The second-order valence-corrected chi connectivity index (χ2v) is 9.69. The van der Waals surface area contributed by atoms with Gasteiger partial charge in [0.15, 0.2) is 5.78 Å². The van der Waals surface area contributed by atoms with E-state index in [0.717, 1.165) is 27.8 Å². The molecular formula is C24H25BrO3. The Hall–Kier alpha value is -1.94. The first kappa shape index (κ1) is 19.4. The van der Waals surface area contributed by atoms with Gasteiger partial charge in [0.25, 0.3) is 0 Å². The molecule has 3 nitrogen and oxygen atoms in total. The molecule has 3 fully saturated rings. The van der Waals surface area contributed by atoms with Gasteiger partial charge in [0, 0.05) is 34.2 Å². The zero-order chi connectivity index (χ0) is 20.1. The van der Waals surface area contributed by atoms with Crippen LogP contribution in [0.5, 0.6) is 5.75 Å². The van der Waals surface area contributed by atoms with E-state index >= 15 is 0 Å². The smallest absolute Gasteiger partial charge is 0.166 e. The van der Waals surface area contributed by atoms with Crippen LogP contribution in [0.2, 0.25) is 0 Å². The molecule has 2 bridgehead atoms. The molecule has 2 aromatic carbocycles. The van der Waals surface area contributed by atoms with Crippen molar-refractivity contribution in [1.29, 1.82) is 0 Å². The Balaban J connectivity index is 1.79. The maximum Gasteiger partial charge on any atom is 0.166 e. The quantitative estimate of drug-likeness (QED) is 0.574. The fourth-order valence-electron chi connectivity index (χ4n) is 5.34. The number of halogens is 1. The highest BCUT2D eigenvalue weighted by Gasteiger charge is 2.58. The van der Waals surface area contributed by atoms with E-state index in [0.29, 0.717) is 12.2 Å². The molecule has 146 valence electrons. The van der Waals surface area contributed by atoms with Crippen LogP contribution >= 0.6 is 15.9 Å². The van der Waals surface area contributed by atoms with E-state index in [9.17, 15) is 9.59 Å². The molecule has 0 heterocycles. The van der Waals surface area contributed by atoms with Gasteiger partial charge in [-0.15, -0.1) is 0 Å². The lowest BCUT2D eigenvalue weighted by atomic mass is 9.47. The van der Waals surface area contributed by atoms with Crippen molar-refractivity contribution >= 4 is 27.5 Å². The molecule has 4 atom stereocenters. The van der Waals surface area contributed by atoms with E-state index in [1.54, 1.807) is 7.11 Å². The first-order valence-electron chi connectivity index (χ1n) is 9.78. The van der Waals surface area contributed by atoms with Gasteiger partial charge in [0.2, 0.25) is 0 Å². The second kappa shape index (κ2) is 7.14. The van der Waals surface area contributed by atoms with Gasteiger partial charge in [0.1, 0.15) is 11.5 Å². The third-order valence-electron chi connectivity index (χ3n) is 6.77. The Labute approximate surface area is 174 Å². The number of ketones is 2. The molecule has 0 amide bonds. The Morgan fingerprint density at radius 2 is 1.71 bits per heavy atom. The molecule has 3 aliphatic carbocycles. The predicted molar refractivity (Wildman–Crippen MR) is 113 cm³/mol. The van der Waals surface area contributed by atoms with Crippen molar-refractivity contribution in [3.05, 3.63) is 64.1 Å². The summed E-state index contributed by atoms with van der Waals surface area (Å²) >= 11 is 3.44. The summed E-state index contributed by atoms with van der Waals surface area (Å²) < 4.78 is 6.24. The van der Waals surface area contributed by atoms with Crippen LogP contribution < -0.4 is 4.74 Å². The summed E-state index contributed by atoms with van der Waals surface area (Å²) in [6.45, 7) is 4.42.